The average molecular weight is 330 g/mol. The molecule has 3 aromatic carbocycles. The zero-order valence-corrected chi connectivity index (χ0v) is 13.6. The summed E-state index contributed by atoms with van der Waals surface area (Å²) in [6, 6.07) is 25.6. The first kappa shape index (κ1) is 16.5. The Hall–Kier alpha value is -3.33. The Balaban J connectivity index is 1.89. The number of benzene rings is 3. The van der Waals surface area contributed by atoms with E-state index < -0.39 is 5.97 Å². The van der Waals surface area contributed by atoms with E-state index >= 15 is 0 Å². The fourth-order valence-corrected chi connectivity index (χ4v) is 2.52. The van der Waals surface area contributed by atoms with Gasteiger partial charge in [-0.25, -0.2) is 4.79 Å². The molecule has 0 aliphatic heterocycles. The van der Waals surface area contributed by atoms with Gasteiger partial charge in [0.25, 0.3) is 0 Å². The van der Waals surface area contributed by atoms with Crippen LogP contribution >= 0.6 is 0 Å². The van der Waals surface area contributed by atoms with Gasteiger partial charge in [-0.1, -0.05) is 66.7 Å². The molecule has 0 spiro atoms. The van der Waals surface area contributed by atoms with Gasteiger partial charge in [0.2, 0.25) is 0 Å². The van der Waals surface area contributed by atoms with Gasteiger partial charge in [-0.05, 0) is 34.9 Å². The average Bonchev–Trinajstić information content (AvgIpc) is 2.66. The highest BCUT2D eigenvalue weighted by molar-refractivity contribution is 5.86. The first-order valence-electron chi connectivity index (χ1n) is 7.99. The number of hydrogen-bond donors (Lipinski definition) is 1. The normalized spacial score (nSPS) is 10.7. The van der Waals surface area contributed by atoms with E-state index in [4.69, 9.17) is 9.84 Å². The van der Waals surface area contributed by atoms with Crippen LogP contribution in [-0.4, -0.2) is 11.1 Å². The molecular formula is C22H18O3. The molecule has 0 atom stereocenters. The number of hydrogen-bond acceptors (Lipinski definition) is 2. The van der Waals surface area contributed by atoms with Crippen LogP contribution in [-0.2, 0) is 11.4 Å². The van der Waals surface area contributed by atoms with Gasteiger partial charge < -0.3 is 9.84 Å². The Morgan fingerprint density at radius 1 is 0.880 bits per heavy atom. The summed E-state index contributed by atoms with van der Waals surface area (Å²) < 4.78 is 5.90. The van der Waals surface area contributed by atoms with Crippen molar-refractivity contribution >= 4 is 12.0 Å². The highest BCUT2D eigenvalue weighted by Gasteiger charge is 2.06. The molecule has 124 valence electrons. The third kappa shape index (κ3) is 4.58. The summed E-state index contributed by atoms with van der Waals surface area (Å²) in [5, 5.41) is 8.93. The SMILES string of the molecule is O=C(O)C=Cc1cc(-c2ccccc2)ccc1OCc1ccccc1. The molecular weight excluding hydrogens is 312 g/mol. The van der Waals surface area contributed by atoms with E-state index in [0.717, 1.165) is 28.3 Å². The van der Waals surface area contributed by atoms with Gasteiger partial charge >= 0.3 is 5.97 Å². The van der Waals surface area contributed by atoms with Gasteiger partial charge in [-0.2, -0.15) is 0 Å². The summed E-state index contributed by atoms with van der Waals surface area (Å²) in [5.74, 6) is -0.333. The number of rotatable bonds is 6. The van der Waals surface area contributed by atoms with Crippen LogP contribution in [0.3, 0.4) is 0 Å². The van der Waals surface area contributed by atoms with E-state index in [9.17, 15) is 4.79 Å². The minimum Gasteiger partial charge on any atom is -0.488 e. The van der Waals surface area contributed by atoms with Crippen molar-refractivity contribution in [3.8, 4) is 16.9 Å². The van der Waals surface area contributed by atoms with Gasteiger partial charge in [-0.3, -0.25) is 0 Å². The van der Waals surface area contributed by atoms with Crippen LogP contribution in [0.4, 0.5) is 0 Å². The maximum absolute atomic E-state index is 10.9. The molecule has 3 rings (SSSR count). The van der Waals surface area contributed by atoms with Crippen molar-refractivity contribution in [1.82, 2.24) is 0 Å². The molecule has 0 fully saturated rings. The fourth-order valence-electron chi connectivity index (χ4n) is 2.52. The van der Waals surface area contributed by atoms with Crippen LogP contribution in [0.25, 0.3) is 17.2 Å². The highest BCUT2D eigenvalue weighted by atomic mass is 16.5. The molecule has 0 saturated heterocycles. The van der Waals surface area contributed by atoms with Crippen LogP contribution in [0.15, 0.2) is 84.9 Å². The quantitative estimate of drug-likeness (QED) is 0.645. The summed E-state index contributed by atoms with van der Waals surface area (Å²) in [5.41, 5.74) is 3.88. The molecule has 0 bridgehead atoms. The van der Waals surface area contributed by atoms with E-state index in [-0.39, 0.29) is 0 Å². The minimum absolute atomic E-state index is 0.430. The molecule has 0 heterocycles. The van der Waals surface area contributed by atoms with Crippen LogP contribution in [0.2, 0.25) is 0 Å². The summed E-state index contributed by atoms with van der Waals surface area (Å²) >= 11 is 0. The Morgan fingerprint density at radius 2 is 1.56 bits per heavy atom. The van der Waals surface area contributed by atoms with Crippen molar-refractivity contribution in [3.63, 3.8) is 0 Å². The lowest BCUT2D eigenvalue weighted by Gasteiger charge is -2.11. The molecule has 3 aromatic rings. The molecule has 0 aliphatic rings. The Morgan fingerprint density at radius 3 is 2.24 bits per heavy atom. The van der Waals surface area contributed by atoms with Gasteiger partial charge in [0, 0.05) is 11.6 Å². The van der Waals surface area contributed by atoms with Gasteiger partial charge in [0.05, 0.1) is 0 Å². The number of ether oxygens (including phenoxy) is 1. The summed E-state index contributed by atoms with van der Waals surface area (Å²) in [7, 11) is 0. The molecule has 3 nitrogen and oxygen atoms in total. The third-order valence-electron chi connectivity index (χ3n) is 3.76. The van der Waals surface area contributed by atoms with Crippen LogP contribution in [0, 0.1) is 0 Å². The zero-order chi connectivity index (χ0) is 17.5. The Bertz CT molecular complexity index is 868. The Labute approximate surface area is 146 Å². The van der Waals surface area contributed by atoms with E-state index in [1.165, 1.54) is 0 Å². The van der Waals surface area contributed by atoms with Gasteiger partial charge in [0.1, 0.15) is 12.4 Å². The van der Waals surface area contributed by atoms with Gasteiger partial charge in [-0.15, -0.1) is 0 Å². The molecule has 0 amide bonds. The second kappa shape index (κ2) is 7.97. The van der Waals surface area contributed by atoms with Crippen LogP contribution < -0.4 is 4.74 Å². The highest BCUT2D eigenvalue weighted by Crippen LogP contribution is 2.28. The predicted octanol–water partition coefficient (Wildman–Crippen LogP) is 5.03. The van der Waals surface area contributed by atoms with Crippen molar-refractivity contribution in [2.75, 3.05) is 0 Å². The van der Waals surface area contributed by atoms with Crippen molar-refractivity contribution in [1.29, 1.82) is 0 Å². The van der Waals surface area contributed by atoms with Crippen molar-refractivity contribution in [2.24, 2.45) is 0 Å². The topological polar surface area (TPSA) is 46.5 Å². The standard InChI is InChI=1S/C22H18O3/c23-22(24)14-12-20-15-19(18-9-5-2-6-10-18)11-13-21(20)25-16-17-7-3-1-4-8-17/h1-15H,16H2,(H,23,24). The minimum atomic E-state index is -0.987. The van der Waals surface area contributed by atoms with Crippen LogP contribution in [0.5, 0.6) is 5.75 Å². The van der Waals surface area contributed by atoms with E-state index in [0.29, 0.717) is 12.4 Å². The second-order valence-corrected chi connectivity index (χ2v) is 5.56. The summed E-state index contributed by atoms with van der Waals surface area (Å²) in [6.07, 6.45) is 2.69. The monoisotopic (exact) mass is 330 g/mol. The molecule has 0 radical (unpaired) electrons. The van der Waals surface area contributed by atoms with Crippen LogP contribution in [0.1, 0.15) is 11.1 Å². The lowest BCUT2D eigenvalue weighted by atomic mass is 10.0. The van der Waals surface area contributed by atoms with Crippen molar-refractivity contribution < 1.29 is 14.6 Å². The predicted molar refractivity (Wildman–Crippen MR) is 99.3 cm³/mol. The largest absolute Gasteiger partial charge is 0.488 e. The van der Waals surface area contributed by atoms with Crippen molar-refractivity contribution in [2.45, 2.75) is 6.61 Å². The third-order valence-corrected chi connectivity index (χ3v) is 3.76. The molecule has 3 heteroatoms. The maximum Gasteiger partial charge on any atom is 0.328 e. The lowest BCUT2D eigenvalue weighted by Crippen LogP contribution is -1.97. The Kier molecular flexibility index (Phi) is 5.27. The molecule has 0 aromatic heterocycles. The molecule has 0 unspecified atom stereocenters. The maximum atomic E-state index is 10.9. The smallest absolute Gasteiger partial charge is 0.328 e. The second-order valence-electron chi connectivity index (χ2n) is 5.56. The first-order chi connectivity index (χ1) is 12.2. The number of carbonyl (C=O) groups is 1. The summed E-state index contributed by atoms with van der Waals surface area (Å²) in [6.45, 7) is 0.430. The number of carboxylic acids is 1. The van der Waals surface area contributed by atoms with E-state index in [1.807, 2.05) is 78.9 Å². The molecule has 1 N–H and O–H groups in total. The molecule has 0 aliphatic carbocycles. The first-order valence-corrected chi connectivity index (χ1v) is 7.99. The van der Waals surface area contributed by atoms with Crippen molar-refractivity contribution in [3.05, 3.63) is 96.1 Å². The van der Waals surface area contributed by atoms with E-state index in [2.05, 4.69) is 0 Å². The number of aliphatic carboxylic acids is 1. The summed E-state index contributed by atoms with van der Waals surface area (Å²) in [4.78, 5) is 10.9. The number of carboxylic acid groups (broad SMARTS) is 1. The van der Waals surface area contributed by atoms with Gasteiger partial charge in [0.15, 0.2) is 0 Å². The fraction of sp³-hybridized carbons (Fsp3) is 0.0455. The molecule has 0 saturated carbocycles. The zero-order valence-electron chi connectivity index (χ0n) is 13.6. The molecule has 25 heavy (non-hydrogen) atoms. The van der Waals surface area contributed by atoms with E-state index in [1.54, 1.807) is 6.08 Å². The lowest BCUT2D eigenvalue weighted by molar-refractivity contribution is -0.131.